The van der Waals surface area contributed by atoms with Gasteiger partial charge in [-0.2, -0.15) is 0 Å². The molecule has 1 aromatic carbocycles. The van der Waals surface area contributed by atoms with Gasteiger partial charge in [0.2, 0.25) is 0 Å². The van der Waals surface area contributed by atoms with Crippen LogP contribution in [0.3, 0.4) is 0 Å². The van der Waals surface area contributed by atoms with Crippen LogP contribution in [-0.4, -0.2) is 5.54 Å². The van der Waals surface area contributed by atoms with Gasteiger partial charge in [0.25, 0.3) is 0 Å². The van der Waals surface area contributed by atoms with E-state index in [9.17, 15) is 0 Å². The zero-order chi connectivity index (χ0) is 15.5. The lowest BCUT2D eigenvalue weighted by Gasteiger charge is -2.19. The first-order valence-corrected chi connectivity index (χ1v) is 7.43. The van der Waals surface area contributed by atoms with E-state index in [4.69, 9.17) is 20.8 Å². The maximum absolute atomic E-state index is 6.10. The van der Waals surface area contributed by atoms with E-state index in [1.807, 2.05) is 37.3 Å². The third kappa shape index (κ3) is 5.10. The second-order valence-corrected chi connectivity index (χ2v) is 6.60. The Bertz CT molecular complexity index is 599. The number of furan rings is 1. The van der Waals surface area contributed by atoms with E-state index in [1.165, 1.54) is 0 Å². The van der Waals surface area contributed by atoms with Gasteiger partial charge in [0.05, 0.1) is 11.6 Å². The topological polar surface area (TPSA) is 34.4 Å². The summed E-state index contributed by atoms with van der Waals surface area (Å²) in [5, 5.41) is 4.00. The number of hydrogen-bond acceptors (Lipinski definition) is 3. The predicted molar refractivity (Wildman–Crippen MR) is 85.8 cm³/mol. The number of halogens is 1. The summed E-state index contributed by atoms with van der Waals surface area (Å²) in [6.45, 7) is 9.46. The van der Waals surface area contributed by atoms with Crippen molar-refractivity contribution in [3.63, 3.8) is 0 Å². The van der Waals surface area contributed by atoms with Crippen LogP contribution in [0.5, 0.6) is 5.75 Å². The fourth-order valence-corrected chi connectivity index (χ4v) is 1.99. The monoisotopic (exact) mass is 307 g/mol. The zero-order valence-electron chi connectivity index (χ0n) is 13.0. The molecule has 1 heterocycles. The minimum absolute atomic E-state index is 0.0680. The van der Waals surface area contributed by atoms with Crippen LogP contribution in [0.25, 0.3) is 0 Å². The molecule has 0 saturated carbocycles. The molecule has 4 heteroatoms. The summed E-state index contributed by atoms with van der Waals surface area (Å²) in [5.41, 5.74) is 1.18. The Morgan fingerprint density at radius 1 is 1.14 bits per heavy atom. The van der Waals surface area contributed by atoms with Crippen molar-refractivity contribution in [1.29, 1.82) is 0 Å². The molecular weight excluding hydrogens is 286 g/mol. The van der Waals surface area contributed by atoms with Crippen molar-refractivity contribution < 1.29 is 9.15 Å². The second-order valence-electron chi connectivity index (χ2n) is 6.19. The lowest BCUT2D eigenvalue weighted by molar-refractivity contribution is 0.263. The van der Waals surface area contributed by atoms with Crippen LogP contribution in [0, 0.1) is 6.92 Å². The minimum atomic E-state index is 0.0680. The molecule has 0 unspecified atom stereocenters. The molecule has 0 aliphatic carbocycles. The van der Waals surface area contributed by atoms with Gasteiger partial charge in [-0.15, -0.1) is 0 Å². The number of benzene rings is 1. The second kappa shape index (κ2) is 6.54. The molecule has 3 nitrogen and oxygen atoms in total. The van der Waals surface area contributed by atoms with Crippen molar-refractivity contribution in [3.8, 4) is 5.75 Å². The quantitative estimate of drug-likeness (QED) is 0.868. The number of rotatable bonds is 5. The SMILES string of the molecule is Cc1ccc(Cl)c(OCc2ccc(CNC(C)(C)C)o2)c1. The molecule has 1 N–H and O–H groups in total. The molecule has 0 aliphatic rings. The van der Waals surface area contributed by atoms with Gasteiger partial charge in [-0.05, 0) is 57.5 Å². The first-order valence-electron chi connectivity index (χ1n) is 7.05. The fourth-order valence-electron chi connectivity index (χ4n) is 1.82. The molecule has 0 atom stereocenters. The molecule has 2 rings (SSSR count). The Hall–Kier alpha value is -1.45. The molecule has 0 bridgehead atoms. The summed E-state index contributed by atoms with van der Waals surface area (Å²) in [6, 6.07) is 9.62. The molecule has 0 aliphatic heterocycles. The molecular formula is C17H22ClNO2. The fraction of sp³-hybridized carbons (Fsp3) is 0.412. The molecule has 114 valence electrons. The van der Waals surface area contributed by atoms with Crippen LogP contribution in [0.4, 0.5) is 0 Å². The van der Waals surface area contributed by atoms with Gasteiger partial charge >= 0.3 is 0 Å². The van der Waals surface area contributed by atoms with Gasteiger partial charge in [0.1, 0.15) is 23.9 Å². The summed E-state index contributed by atoms with van der Waals surface area (Å²) < 4.78 is 11.5. The van der Waals surface area contributed by atoms with E-state index in [2.05, 4.69) is 26.1 Å². The minimum Gasteiger partial charge on any atom is -0.484 e. The van der Waals surface area contributed by atoms with Crippen molar-refractivity contribution in [3.05, 3.63) is 52.4 Å². The summed E-state index contributed by atoms with van der Waals surface area (Å²) in [4.78, 5) is 0. The number of nitrogens with one attached hydrogen (secondary N) is 1. The van der Waals surface area contributed by atoms with Crippen LogP contribution >= 0.6 is 11.6 Å². The largest absolute Gasteiger partial charge is 0.484 e. The Morgan fingerprint density at radius 3 is 2.57 bits per heavy atom. The molecule has 0 radical (unpaired) electrons. The van der Waals surface area contributed by atoms with E-state index in [0.29, 0.717) is 23.9 Å². The van der Waals surface area contributed by atoms with Gasteiger partial charge in [0, 0.05) is 5.54 Å². The van der Waals surface area contributed by atoms with E-state index in [0.717, 1.165) is 17.1 Å². The number of aryl methyl sites for hydroxylation is 1. The lowest BCUT2D eigenvalue weighted by Crippen LogP contribution is -2.34. The van der Waals surface area contributed by atoms with E-state index >= 15 is 0 Å². The van der Waals surface area contributed by atoms with Gasteiger partial charge in [-0.1, -0.05) is 17.7 Å². The van der Waals surface area contributed by atoms with Crippen LogP contribution < -0.4 is 10.1 Å². The average Bonchev–Trinajstić information content (AvgIpc) is 2.85. The summed E-state index contributed by atoms with van der Waals surface area (Å²) in [7, 11) is 0. The lowest BCUT2D eigenvalue weighted by atomic mass is 10.1. The highest BCUT2D eigenvalue weighted by atomic mass is 35.5. The van der Waals surface area contributed by atoms with Gasteiger partial charge in [0.15, 0.2) is 0 Å². The molecule has 0 amide bonds. The Kier molecular flexibility index (Phi) is 4.96. The normalized spacial score (nSPS) is 11.7. The van der Waals surface area contributed by atoms with Crippen molar-refractivity contribution >= 4 is 11.6 Å². The molecule has 0 spiro atoms. The summed E-state index contributed by atoms with van der Waals surface area (Å²) in [5.74, 6) is 2.37. The first-order chi connectivity index (χ1) is 9.83. The Labute approximate surface area is 131 Å². The highest BCUT2D eigenvalue weighted by molar-refractivity contribution is 6.32. The molecule has 0 fully saturated rings. The Morgan fingerprint density at radius 2 is 1.86 bits per heavy atom. The molecule has 0 saturated heterocycles. The smallest absolute Gasteiger partial charge is 0.146 e. The van der Waals surface area contributed by atoms with Gasteiger partial charge in [-0.3, -0.25) is 0 Å². The maximum atomic E-state index is 6.10. The van der Waals surface area contributed by atoms with Gasteiger partial charge < -0.3 is 14.5 Å². The van der Waals surface area contributed by atoms with Crippen molar-refractivity contribution in [1.82, 2.24) is 5.32 Å². The standard InChI is InChI=1S/C17H22ClNO2/c1-12-5-8-15(18)16(9-12)20-11-14-7-6-13(21-14)10-19-17(2,3)4/h5-9,19H,10-11H2,1-4H3. The predicted octanol–water partition coefficient (Wildman–Crippen LogP) is 4.71. The summed E-state index contributed by atoms with van der Waals surface area (Å²) >= 11 is 6.10. The van der Waals surface area contributed by atoms with Crippen LogP contribution in [0.1, 0.15) is 37.9 Å². The molecule has 1 aromatic heterocycles. The van der Waals surface area contributed by atoms with Crippen LogP contribution in [0.15, 0.2) is 34.7 Å². The van der Waals surface area contributed by atoms with E-state index in [1.54, 1.807) is 0 Å². The highest BCUT2D eigenvalue weighted by Crippen LogP contribution is 2.26. The number of ether oxygens (including phenoxy) is 1. The summed E-state index contributed by atoms with van der Waals surface area (Å²) in [6.07, 6.45) is 0. The van der Waals surface area contributed by atoms with E-state index < -0.39 is 0 Å². The van der Waals surface area contributed by atoms with Crippen molar-refractivity contribution in [2.75, 3.05) is 0 Å². The zero-order valence-corrected chi connectivity index (χ0v) is 13.8. The first kappa shape index (κ1) is 15.9. The third-order valence-electron chi connectivity index (χ3n) is 2.97. The molecule has 2 aromatic rings. The van der Waals surface area contributed by atoms with Crippen molar-refractivity contribution in [2.45, 2.75) is 46.4 Å². The highest BCUT2D eigenvalue weighted by Gasteiger charge is 2.11. The molecule has 21 heavy (non-hydrogen) atoms. The average molecular weight is 308 g/mol. The van der Waals surface area contributed by atoms with E-state index in [-0.39, 0.29) is 5.54 Å². The van der Waals surface area contributed by atoms with Crippen LogP contribution in [0.2, 0.25) is 5.02 Å². The third-order valence-corrected chi connectivity index (χ3v) is 3.28. The van der Waals surface area contributed by atoms with Crippen LogP contribution in [-0.2, 0) is 13.2 Å². The maximum Gasteiger partial charge on any atom is 0.146 e. The Balaban J connectivity index is 1.92. The van der Waals surface area contributed by atoms with Crippen molar-refractivity contribution in [2.24, 2.45) is 0 Å². The van der Waals surface area contributed by atoms with Gasteiger partial charge in [-0.25, -0.2) is 0 Å². The number of hydrogen-bond donors (Lipinski definition) is 1.